The number of hydrogen-bond acceptors (Lipinski definition) is 4. The number of halogens is 1. The zero-order valence-corrected chi connectivity index (χ0v) is 9.63. The third kappa shape index (κ3) is 5.05. The average molecular weight is 259 g/mol. The van der Waals surface area contributed by atoms with Crippen LogP contribution in [0.3, 0.4) is 0 Å². The number of hydrogen-bond donors (Lipinski definition) is 1. The predicted molar refractivity (Wildman–Crippen MR) is 62.6 cm³/mol. The van der Waals surface area contributed by atoms with Gasteiger partial charge in [-0.1, -0.05) is 5.11 Å². The quantitative estimate of drug-likeness (QED) is 0.365. The minimum Gasteiger partial charge on any atom is -0.491 e. The van der Waals surface area contributed by atoms with Crippen molar-refractivity contribution in [2.24, 2.45) is 5.11 Å². The maximum absolute atomic E-state index is 10.7. The van der Waals surface area contributed by atoms with Crippen LogP contribution in [0, 0.1) is 0 Å². The predicted octanol–water partition coefficient (Wildman–Crippen LogP) is 2.28. The van der Waals surface area contributed by atoms with Gasteiger partial charge in [0.15, 0.2) is 11.4 Å². The van der Waals surface area contributed by atoms with E-state index in [1.807, 2.05) is 0 Å². The highest BCUT2D eigenvalue weighted by Crippen LogP contribution is 2.15. The van der Waals surface area contributed by atoms with Crippen LogP contribution in [-0.2, 0) is 0 Å². The number of azide groups is 1. The van der Waals surface area contributed by atoms with Crippen LogP contribution in [0.1, 0.15) is 16.9 Å². The molecule has 92 valence electrons. The smallest absolute Gasteiger partial charge is 0.358 e. The number of carbonyl (C=O) groups is 1. The van der Waals surface area contributed by atoms with Gasteiger partial charge in [-0.05, 0) is 24.1 Å². The lowest BCUT2D eigenvalue weighted by Gasteiger charge is -2.06. The SMILES string of the molecule is Cl.[N-]=[N+]=NCCCOc1cccnc1C(=O)O. The van der Waals surface area contributed by atoms with Gasteiger partial charge < -0.3 is 9.84 Å². The molecule has 0 aliphatic carbocycles. The molecule has 0 radical (unpaired) electrons. The molecule has 0 atom stereocenters. The van der Waals surface area contributed by atoms with Crippen molar-refractivity contribution in [2.75, 3.05) is 13.2 Å². The monoisotopic (exact) mass is 258 g/mol. The fraction of sp³-hybridized carbons (Fsp3) is 0.333. The minimum atomic E-state index is -1.13. The molecule has 0 unspecified atom stereocenters. The molecule has 0 fully saturated rings. The van der Waals surface area contributed by atoms with Gasteiger partial charge in [0.1, 0.15) is 0 Å². The van der Waals surface area contributed by atoms with E-state index >= 15 is 0 Å². The topological polar surface area (TPSA) is 108 Å². The Bertz CT molecular complexity index is 420. The van der Waals surface area contributed by atoms with Crippen molar-refractivity contribution in [3.63, 3.8) is 0 Å². The Morgan fingerprint density at radius 2 is 2.41 bits per heavy atom. The molecule has 0 bridgehead atoms. The maximum Gasteiger partial charge on any atom is 0.358 e. The molecule has 0 amide bonds. The van der Waals surface area contributed by atoms with Crippen LogP contribution in [0.5, 0.6) is 5.75 Å². The van der Waals surface area contributed by atoms with Crippen molar-refractivity contribution in [2.45, 2.75) is 6.42 Å². The molecule has 7 nitrogen and oxygen atoms in total. The minimum absolute atomic E-state index is 0. The lowest BCUT2D eigenvalue weighted by Crippen LogP contribution is -2.06. The van der Waals surface area contributed by atoms with Crippen molar-refractivity contribution in [3.8, 4) is 5.75 Å². The molecule has 1 aromatic heterocycles. The van der Waals surface area contributed by atoms with E-state index in [2.05, 4.69) is 15.0 Å². The Labute approximate surface area is 103 Å². The third-order valence-electron chi connectivity index (χ3n) is 1.70. The van der Waals surface area contributed by atoms with E-state index in [-0.39, 0.29) is 30.5 Å². The number of pyridine rings is 1. The molecule has 0 saturated heterocycles. The summed E-state index contributed by atoms with van der Waals surface area (Å²) >= 11 is 0. The van der Waals surface area contributed by atoms with E-state index in [1.165, 1.54) is 12.3 Å². The number of ether oxygens (including phenoxy) is 1. The number of carboxylic acids is 1. The molecule has 1 heterocycles. The lowest BCUT2D eigenvalue weighted by molar-refractivity contribution is 0.0685. The Kier molecular flexibility index (Phi) is 7.25. The molecule has 0 aliphatic heterocycles. The second-order valence-corrected chi connectivity index (χ2v) is 2.81. The van der Waals surface area contributed by atoms with Crippen LogP contribution in [0.4, 0.5) is 0 Å². The van der Waals surface area contributed by atoms with Crippen LogP contribution < -0.4 is 4.74 Å². The zero-order chi connectivity index (χ0) is 11.8. The largest absolute Gasteiger partial charge is 0.491 e. The number of aromatic nitrogens is 1. The number of aromatic carboxylic acids is 1. The van der Waals surface area contributed by atoms with Crippen molar-refractivity contribution >= 4 is 18.4 Å². The molecule has 8 heteroatoms. The second kappa shape index (κ2) is 8.20. The molecule has 1 N–H and O–H groups in total. The highest BCUT2D eigenvalue weighted by molar-refractivity contribution is 5.88. The molecular weight excluding hydrogens is 248 g/mol. The molecule has 0 saturated carbocycles. The zero-order valence-electron chi connectivity index (χ0n) is 8.81. The molecular formula is C9H11ClN4O3. The Morgan fingerprint density at radius 1 is 1.65 bits per heavy atom. The van der Waals surface area contributed by atoms with Gasteiger partial charge in [0.2, 0.25) is 0 Å². The van der Waals surface area contributed by atoms with Gasteiger partial charge in [-0.2, -0.15) is 0 Å². The summed E-state index contributed by atoms with van der Waals surface area (Å²) in [6.07, 6.45) is 1.91. The molecule has 1 aromatic rings. The number of rotatable bonds is 6. The maximum atomic E-state index is 10.7. The summed E-state index contributed by atoms with van der Waals surface area (Å²) in [5.41, 5.74) is 7.91. The van der Waals surface area contributed by atoms with Crippen LogP contribution in [-0.4, -0.2) is 29.2 Å². The van der Waals surface area contributed by atoms with Crippen LogP contribution >= 0.6 is 12.4 Å². The van der Waals surface area contributed by atoms with Crippen LogP contribution in [0.2, 0.25) is 0 Å². The summed E-state index contributed by atoms with van der Waals surface area (Å²) in [4.78, 5) is 17.0. The summed E-state index contributed by atoms with van der Waals surface area (Å²) < 4.78 is 5.22. The summed E-state index contributed by atoms with van der Waals surface area (Å²) in [5, 5.41) is 12.1. The van der Waals surface area contributed by atoms with Gasteiger partial charge in [-0.15, -0.1) is 12.4 Å². The van der Waals surface area contributed by atoms with Crippen molar-refractivity contribution < 1.29 is 14.6 Å². The summed E-state index contributed by atoms with van der Waals surface area (Å²) in [6, 6.07) is 3.12. The van der Waals surface area contributed by atoms with Gasteiger partial charge >= 0.3 is 5.97 Å². The van der Waals surface area contributed by atoms with Gasteiger partial charge in [0.25, 0.3) is 0 Å². The molecule has 0 aliphatic rings. The van der Waals surface area contributed by atoms with Crippen LogP contribution in [0.25, 0.3) is 10.4 Å². The fourth-order valence-electron chi connectivity index (χ4n) is 1.03. The van der Waals surface area contributed by atoms with Gasteiger partial charge in [0.05, 0.1) is 6.61 Å². The lowest BCUT2D eigenvalue weighted by atomic mass is 10.3. The first-order valence-electron chi connectivity index (χ1n) is 4.57. The van der Waals surface area contributed by atoms with Gasteiger partial charge in [-0.25, -0.2) is 9.78 Å². The van der Waals surface area contributed by atoms with Crippen molar-refractivity contribution in [1.82, 2.24) is 4.98 Å². The summed E-state index contributed by atoms with van der Waals surface area (Å²) in [6.45, 7) is 0.601. The van der Waals surface area contributed by atoms with Crippen molar-refractivity contribution in [1.29, 1.82) is 0 Å². The Hall–Kier alpha value is -1.98. The summed E-state index contributed by atoms with van der Waals surface area (Å²) in [5.74, 6) is -0.915. The molecule has 17 heavy (non-hydrogen) atoms. The second-order valence-electron chi connectivity index (χ2n) is 2.81. The first-order chi connectivity index (χ1) is 7.75. The normalized spacial score (nSPS) is 8.71. The summed E-state index contributed by atoms with van der Waals surface area (Å²) in [7, 11) is 0. The molecule has 0 spiro atoms. The average Bonchev–Trinajstić information content (AvgIpc) is 2.29. The van der Waals surface area contributed by atoms with E-state index in [9.17, 15) is 4.79 Å². The van der Waals surface area contributed by atoms with E-state index in [1.54, 1.807) is 6.07 Å². The standard InChI is InChI=1S/C9H10N4O3.ClH/c10-13-12-5-2-6-16-7-3-1-4-11-8(7)9(14)15;/h1,3-4H,2,5-6H2,(H,14,15);1H. The van der Waals surface area contributed by atoms with E-state index < -0.39 is 5.97 Å². The Balaban J connectivity index is 0.00000256. The number of nitrogens with zero attached hydrogens (tertiary/aromatic N) is 4. The van der Waals surface area contributed by atoms with E-state index in [0.717, 1.165) is 0 Å². The number of carboxylic acid groups (broad SMARTS) is 1. The highest BCUT2D eigenvalue weighted by atomic mass is 35.5. The van der Waals surface area contributed by atoms with E-state index in [4.69, 9.17) is 15.4 Å². The Morgan fingerprint density at radius 3 is 3.06 bits per heavy atom. The first kappa shape index (κ1) is 15.0. The van der Waals surface area contributed by atoms with Crippen molar-refractivity contribution in [3.05, 3.63) is 34.5 Å². The van der Waals surface area contributed by atoms with Crippen LogP contribution in [0.15, 0.2) is 23.4 Å². The highest BCUT2D eigenvalue weighted by Gasteiger charge is 2.11. The molecule has 1 rings (SSSR count). The van der Waals surface area contributed by atoms with Gasteiger partial charge in [0, 0.05) is 17.7 Å². The first-order valence-corrected chi connectivity index (χ1v) is 4.57. The molecule has 0 aromatic carbocycles. The fourth-order valence-corrected chi connectivity index (χ4v) is 1.03. The third-order valence-corrected chi connectivity index (χ3v) is 1.70. The van der Waals surface area contributed by atoms with Gasteiger partial charge in [-0.3, -0.25) is 0 Å². The van der Waals surface area contributed by atoms with E-state index in [0.29, 0.717) is 13.0 Å².